The summed E-state index contributed by atoms with van der Waals surface area (Å²) in [6.45, 7) is 6.41. The molecule has 3 rings (SSSR count). The first kappa shape index (κ1) is 15.0. The molecular formula is C16H21N3O3. The third-order valence-electron chi connectivity index (χ3n) is 4.10. The highest BCUT2D eigenvalue weighted by atomic mass is 16.5. The Balaban J connectivity index is 1.63. The van der Waals surface area contributed by atoms with Crippen molar-refractivity contribution >= 4 is 17.4 Å². The van der Waals surface area contributed by atoms with E-state index in [0.29, 0.717) is 23.4 Å². The van der Waals surface area contributed by atoms with E-state index in [1.165, 1.54) is 0 Å². The molecule has 1 atom stereocenters. The van der Waals surface area contributed by atoms with Crippen LogP contribution >= 0.6 is 0 Å². The second-order valence-electron chi connectivity index (χ2n) is 5.73. The van der Waals surface area contributed by atoms with Crippen molar-refractivity contribution in [2.75, 3.05) is 38.0 Å². The molecule has 2 aliphatic heterocycles. The minimum Gasteiger partial charge on any atom is -0.479 e. The van der Waals surface area contributed by atoms with Gasteiger partial charge in [-0.2, -0.15) is 0 Å². The first-order valence-electron chi connectivity index (χ1n) is 7.71. The van der Waals surface area contributed by atoms with E-state index in [-0.39, 0.29) is 11.7 Å². The van der Waals surface area contributed by atoms with Crippen molar-refractivity contribution in [3.8, 4) is 5.75 Å². The van der Waals surface area contributed by atoms with Gasteiger partial charge < -0.3 is 20.3 Å². The Morgan fingerprint density at radius 1 is 1.36 bits per heavy atom. The fourth-order valence-corrected chi connectivity index (χ4v) is 2.72. The predicted molar refractivity (Wildman–Crippen MR) is 83.4 cm³/mol. The molecule has 1 saturated heterocycles. The summed E-state index contributed by atoms with van der Waals surface area (Å²) < 4.78 is 5.50. The van der Waals surface area contributed by atoms with Crippen molar-refractivity contribution < 1.29 is 14.3 Å². The summed E-state index contributed by atoms with van der Waals surface area (Å²) in [5.41, 5.74) is 1.20. The smallest absolute Gasteiger partial charge is 0.265 e. The summed E-state index contributed by atoms with van der Waals surface area (Å²) in [7, 11) is 0. The number of Topliss-reactive ketones (excluding diaryl/α,β-unsaturated/α-hetero) is 1. The number of piperazine rings is 1. The van der Waals surface area contributed by atoms with Gasteiger partial charge in [-0.25, -0.2) is 0 Å². The van der Waals surface area contributed by atoms with Crippen LogP contribution in [0.3, 0.4) is 0 Å². The van der Waals surface area contributed by atoms with Gasteiger partial charge in [0.1, 0.15) is 5.75 Å². The molecule has 2 aliphatic rings. The predicted octanol–water partition coefficient (Wildman–Crippen LogP) is 0.884. The lowest BCUT2D eigenvalue weighted by atomic mass is 10.1. The molecule has 6 heteroatoms. The molecule has 2 heterocycles. The van der Waals surface area contributed by atoms with Gasteiger partial charge >= 0.3 is 0 Å². The Morgan fingerprint density at radius 3 is 2.91 bits per heavy atom. The molecule has 1 fully saturated rings. The number of anilines is 1. The van der Waals surface area contributed by atoms with E-state index >= 15 is 0 Å². The maximum atomic E-state index is 12.3. The molecular weight excluding hydrogens is 282 g/mol. The minimum absolute atomic E-state index is 0.0919. The quantitative estimate of drug-likeness (QED) is 0.808. The largest absolute Gasteiger partial charge is 0.479 e. The fourth-order valence-electron chi connectivity index (χ4n) is 2.72. The Bertz CT molecular complexity index is 582. The minimum atomic E-state index is -0.498. The molecule has 0 spiro atoms. The average molecular weight is 303 g/mol. The van der Waals surface area contributed by atoms with Crippen LogP contribution in [0.4, 0.5) is 5.69 Å². The van der Waals surface area contributed by atoms with Gasteiger partial charge in [0.05, 0.1) is 5.69 Å². The van der Waals surface area contributed by atoms with Crippen LogP contribution in [0.15, 0.2) is 18.2 Å². The standard InChI is InChI=1S/C16H21N3O3/c1-11-16(21)18-13-10-12(2-3-15(13)22-11)14(20)4-7-19-8-5-17-6-9-19/h2-3,10-11,17H,4-9H2,1H3,(H,18,21). The second kappa shape index (κ2) is 6.46. The number of carbonyl (C=O) groups is 2. The fraction of sp³-hybridized carbons (Fsp3) is 0.500. The molecule has 1 unspecified atom stereocenters. The molecule has 1 aromatic carbocycles. The van der Waals surface area contributed by atoms with Crippen molar-refractivity contribution in [3.05, 3.63) is 23.8 Å². The number of hydrogen-bond donors (Lipinski definition) is 2. The molecule has 2 N–H and O–H groups in total. The highest BCUT2D eigenvalue weighted by Crippen LogP contribution is 2.30. The first-order chi connectivity index (χ1) is 10.6. The number of nitrogens with zero attached hydrogens (tertiary/aromatic N) is 1. The molecule has 0 aromatic heterocycles. The molecule has 0 bridgehead atoms. The van der Waals surface area contributed by atoms with Crippen LogP contribution in [0.25, 0.3) is 0 Å². The summed E-state index contributed by atoms with van der Waals surface area (Å²) in [4.78, 5) is 26.3. The molecule has 6 nitrogen and oxygen atoms in total. The zero-order chi connectivity index (χ0) is 15.5. The molecule has 22 heavy (non-hydrogen) atoms. The van der Waals surface area contributed by atoms with Gasteiger partial charge in [0, 0.05) is 44.7 Å². The molecule has 0 radical (unpaired) electrons. The SMILES string of the molecule is CC1Oc2ccc(C(=O)CCN3CCNCC3)cc2NC1=O. The number of carbonyl (C=O) groups excluding carboxylic acids is 2. The zero-order valence-corrected chi connectivity index (χ0v) is 12.7. The van der Waals surface area contributed by atoms with E-state index in [0.717, 1.165) is 32.7 Å². The number of hydrogen-bond acceptors (Lipinski definition) is 5. The molecule has 0 saturated carbocycles. The van der Waals surface area contributed by atoms with Crippen molar-refractivity contribution in [2.24, 2.45) is 0 Å². The van der Waals surface area contributed by atoms with E-state index in [2.05, 4.69) is 15.5 Å². The Labute approximate surface area is 129 Å². The summed E-state index contributed by atoms with van der Waals surface area (Å²) in [5, 5.41) is 6.07. The molecule has 1 aromatic rings. The van der Waals surface area contributed by atoms with Crippen molar-refractivity contribution in [2.45, 2.75) is 19.4 Å². The van der Waals surface area contributed by atoms with E-state index in [9.17, 15) is 9.59 Å². The highest BCUT2D eigenvalue weighted by molar-refractivity contribution is 6.01. The molecule has 1 amide bonds. The summed E-state index contributed by atoms with van der Waals surface area (Å²) in [5.74, 6) is 0.526. The highest BCUT2D eigenvalue weighted by Gasteiger charge is 2.24. The van der Waals surface area contributed by atoms with Crippen molar-refractivity contribution in [1.29, 1.82) is 0 Å². The van der Waals surface area contributed by atoms with Gasteiger partial charge in [0.15, 0.2) is 11.9 Å². The Hall–Kier alpha value is -1.92. The third-order valence-corrected chi connectivity index (χ3v) is 4.10. The number of ether oxygens (including phenoxy) is 1. The van der Waals surface area contributed by atoms with E-state index in [1.807, 2.05) is 0 Å². The van der Waals surface area contributed by atoms with E-state index in [4.69, 9.17) is 4.74 Å². The number of amides is 1. The lowest BCUT2D eigenvalue weighted by Gasteiger charge is -2.27. The van der Waals surface area contributed by atoms with Crippen LogP contribution in [-0.2, 0) is 4.79 Å². The van der Waals surface area contributed by atoms with Gasteiger partial charge in [-0.05, 0) is 25.1 Å². The summed E-state index contributed by atoms with van der Waals surface area (Å²) in [6.07, 6.45) is -0.00830. The van der Waals surface area contributed by atoms with Gasteiger partial charge in [-0.15, -0.1) is 0 Å². The van der Waals surface area contributed by atoms with Crippen LogP contribution in [0.5, 0.6) is 5.75 Å². The monoisotopic (exact) mass is 303 g/mol. The van der Waals surface area contributed by atoms with Crippen LogP contribution in [-0.4, -0.2) is 55.4 Å². The third kappa shape index (κ3) is 3.28. The number of ketones is 1. The lowest BCUT2D eigenvalue weighted by molar-refractivity contribution is -0.122. The van der Waals surface area contributed by atoms with Crippen molar-refractivity contribution in [3.63, 3.8) is 0 Å². The summed E-state index contributed by atoms with van der Waals surface area (Å²) in [6, 6.07) is 5.23. The zero-order valence-electron chi connectivity index (χ0n) is 12.7. The van der Waals surface area contributed by atoms with E-state index in [1.54, 1.807) is 25.1 Å². The van der Waals surface area contributed by atoms with Crippen LogP contribution in [0.1, 0.15) is 23.7 Å². The normalized spacial score (nSPS) is 21.7. The summed E-state index contributed by atoms with van der Waals surface area (Å²) >= 11 is 0. The number of nitrogens with one attached hydrogen (secondary N) is 2. The van der Waals surface area contributed by atoms with Crippen LogP contribution in [0, 0.1) is 0 Å². The molecule has 0 aliphatic carbocycles. The Kier molecular flexibility index (Phi) is 4.40. The molecule has 118 valence electrons. The Morgan fingerprint density at radius 2 is 2.14 bits per heavy atom. The first-order valence-corrected chi connectivity index (χ1v) is 7.71. The number of rotatable bonds is 4. The van der Waals surface area contributed by atoms with E-state index < -0.39 is 6.10 Å². The average Bonchev–Trinajstić information content (AvgIpc) is 2.54. The topological polar surface area (TPSA) is 70.7 Å². The van der Waals surface area contributed by atoms with Gasteiger partial charge in [0.2, 0.25) is 0 Å². The second-order valence-corrected chi connectivity index (χ2v) is 5.73. The lowest BCUT2D eigenvalue weighted by Crippen LogP contribution is -2.44. The maximum Gasteiger partial charge on any atom is 0.265 e. The number of benzene rings is 1. The van der Waals surface area contributed by atoms with Crippen LogP contribution < -0.4 is 15.4 Å². The van der Waals surface area contributed by atoms with Crippen LogP contribution in [0.2, 0.25) is 0 Å². The van der Waals surface area contributed by atoms with Gasteiger partial charge in [0.25, 0.3) is 5.91 Å². The van der Waals surface area contributed by atoms with Crippen molar-refractivity contribution in [1.82, 2.24) is 10.2 Å². The number of fused-ring (bicyclic) bond motifs is 1. The maximum absolute atomic E-state index is 12.3. The van der Waals surface area contributed by atoms with Gasteiger partial charge in [-0.3, -0.25) is 9.59 Å². The van der Waals surface area contributed by atoms with Gasteiger partial charge in [-0.1, -0.05) is 0 Å².